The zero-order valence-corrected chi connectivity index (χ0v) is 14.3. The van der Waals surface area contributed by atoms with Crippen molar-refractivity contribution in [1.29, 1.82) is 0 Å². The quantitative estimate of drug-likeness (QED) is 0.860. The number of nitrogens with zero attached hydrogens (tertiary/aromatic N) is 3. The molecule has 1 aliphatic heterocycles. The molecule has 0 aliphatic carbocycles. The van der Waals surface area contributed by atoms with Crippen molar-refractivity contribution >= 4 is 17.7 Å². The van der Waals surface area contributed by atoms with Crippen molar-refractivity contribution in [2.45, 2.75) is 32.4 Å². The summed E-state index contributed by atoms with van der Waals surface area (Å²) >= 11 is 0. The first-order valence-corrected chi connectivity index (χ1v) is 8.40. The number of benzene rings is 1. The normalized spacial score (nSPS) is 15.3. The minimum atomic E-state index is -0.0718. The fourth-order valence-electron chi connectivity index (χ4n) is 3.13. The molecule has 1 N–H and O–H groups in total. The number of imidazole rings is 1. The van der Waals surface area contributed by atoms with E-state index in [1.54, 1.807) is 18.6 Å². The lowest BCUT2D eigenvalue weighted by Crippen LogP contribution is -2.34. The predicted octanol–water partition coefficient (Wildman–Crippen LogP) is 2.48. The maximum Gasteiger partial charge on any atom is 0.244 e. The highest BCUT2D eigenvalue weighted by molar-refractivity contribution is 5.92. The topological polar surface area (TPSA) is 50.2 Å². The summed E-state index contributed by atoms with van der Waals surface area (Å²) in [6.07, 6.45) is 11.2. The molecule has 5 nitrogen and oxygen atoms in total. The zero-order valence-electron chi connectivity index (χ0n) is 14.3. The third-order valence-corrected chi connectivity index (χ3v) is 4.31. The molecule has 3 rings (SSSR count). The molecule has 1 aromatic heterocycles. The number of amides is 1. The van der Waals surface area contributed by atoms with Crippen LogP contribution in [0.4, 0.5) is 5.69 Å². The Morgan fingerprint density at radius 2 is 2.33 bits per heavy atom. The minimum Gasteiger partial charge on any atom is -0.374 e. The number of carbonyl (C=O) groups excluding carboxylic acids is 1. The van der Waals surface area contributed by atoms with Crippen molar-refractivity contribution in [2.75, 3.05) is 18.5 Å². The number of rotatable bonds is 5. The van der Waals surface area contributed by atoms with Crippen molar-refractivity contribution in [3.8, 4) is 0 Å². The number of nitrogens with one attached hydrogen (secondary N) is 1. The van der Waals surface area contributed by atoms with E-state index in [0.717, 1.165) is 18.5 Å². The van der Waals surface area contributed by atoms with Crippen LogP contribution in [0.5, 0.6) is 0 Å². The number of aryl methyl sites for hydroxylation is 1. The van der Waals surface area contributed by atoms with Crippen molar-refractivity contribution in [1.82, 2.24) is 14.9 Å². The summed E-state index contributed by atoms with van der Waals surface area (Å²) in [6.45, 7) is 3.81. The molecule has 0 spiro atoms. The SMILES string of the molecule is CC(Cn1ccnc1)NC(=O)/C=C/c1ccc2c(c1)CCCN2C. The Kier molecular flexibility index (Phi) is 4.99. The van der Waals surface area contributed by atoms with Crippen molar-refractivity contribution in [3.05, 3.63) is 54.1 Å². The van der Waals surface area contributed by atoms with Crippen LogP contribution in [0.1, 0.15) is 24.5 Å². The van der Waals surface area contributed by atoms with Gasteiger partial charge < -0.3 is 14.8 Å². The van der Waals surface area contributed by atoms with E-state index < -0.39 is 0 Å². The first-order chi connectivity index (χ1) is 11.6. The summed E-state index contributed by atoms with van der Waals surface area (Å²) in [4.78, 5) is 18.4. The smallest absolute Gasteiger partial charge is 0.244 e. The molecule has 0 fully saturated rings. The lowest BCUT2D eigenvalue weighted by atomic mass is 9.99. The minimum absolute atomic E-state index is 0.0496. The molecular weight excluding hydrogens is 300 g/mol. The van der Waals surface area contributed by atoms with Crippen LogP contribution < -0.4 is 10.2 Å². The van der Waals surface area contributed by atoms with Gasteiger partial charge in [0.15, 0.2) is 0 Å². The molecule has 2 heterocycles. The molecule has 1 atom stereocenters. The number of aromatic nitrogens is 2. The van der Waals surface area contributed by atoms with Gasteiger partial charge in [-0.15, -0.1) is 0 Å². The van der Waals surface area contributed by atoms with Crippen LogP contribution in [0.25, 0.3) is 6.08 Å². The lowest BCUT2D eigenvalue weighted by Gasteiger charge is -2.27. The Hall–Kier alpha value is -2.56. The highest BCUT2D eigenvalue weighted by Gasteiger charge is 2.13. The Labute approximate surface area is 143 Å². The molecule has 126 valence electrons. The Bertz CT molecular complexity index is 721. The molecule has 0 radical (unpaired) electrons. The molecule has 2 aromatic rings. The average Bonchev–Trinajstić information content (AvgIpc) is 3.06. The highest BCUT2D eigenvalue weighted by atomic mass is 16.1. The molecule has 0 bridgehead atoms. The van der Waals surface area contributed by atoms with Crippen LogP contribution in [-0.4, -0.2) is 35.1 Å². The second kappa shape index (κ2) is 7.34. The summed E-state index contributed by atoms with van der Waals surface area (Å²) in [5.74, 6) is -0.0718. The summed E-state index contributed by atoms with van der Waals surface area (Å²) in [5.41, 5.74) is 3.73. The van der Waals surface area contributed by atoms with Gasteiger partial charge in [-0.2, -0.15) is 0 Å². The van der Waals surface area contributed by atoms with E-state index in [1.807, 2.05) is 23.8 Å². The van der Waals surface area contributed by atoms with E-state index in [9.17, 15) is 4.79 Å². The number of hydrogen-bond donors (Lipinski definition) is 1. The van der Waals surface area contributed by atoms with E-state index in [0.29, 0.717) is 6.54 Å². The zero-order chi connectivity index (χ0) is 16.9. The van der Waals surface area contributed by atoms with Crippen LogP contribution in [0.3, 0.4) is 0 Å². The molecule has 0 saturated heterocycles. The Balaban J connectivity index is 1.58. The standard InChI is InChI=1S/C19H24N4O/c1-15(13-23-11-9-20-14-23)21-19(24)8-6-16-5-7-18-17(12-16)4-3-10-22(18)2/h5-9,11-12,14-15H,3-4,10,13H2,1-2H3,(H,21,24)/b8-6+. The van der Waals surface area contributed by atoms with Gasteiger partial charge in [-0.3, -0.25) is 4.79 Å². The van der Waals surface area contributed by atoms with Crippen LogP contribution in [0.2, 0.25) is 0 Å². The van der Waals surface area contributed by atoms with Gasteiger partial charge in [-0.05, 0) is 49.1 Å². The molecule has 24 heavy (non-hydrogen) atoms. The van der Waals surface area contributed by atoms with Gasteiger partial charge in [0.1, 0.15) is 0 Å². The number of fused-ring (bicyclic) bond motifs is 1. The molecule has 0 saturated carbocycles. The first-order valence-electron chi connectivity index (χ1n) is 8.40. The van der Waals surface area contributed by atoms with Gasteiger partial charge in [0.25, 0.3) is 0 Å². The van der Waals surface area contributed by atoms with Crippen LogP contribution in [0.15, 0.2) is 43.0 Å². The second-order valence-electron chi connectivity index (χ2n) is 6.42. The highest BCUT2D eigenvalue weighted by Crippen LogP contribution is 2.27. The molecule has 1 aliphatic rings. The van der Waals surface area contributed by atoms with Gasteiger partial charge in [0, 0.05) is 50.3 Å². The van der Waals surface area contributed by atoms with Crippen molar-refractivity contribution < 1.29 is 4.79 Å². The fourth-order valence-corrected chi connectivity index (χ4v) is 3.13. The van der Waals surface area contributed by atoms with Crippen LogP contribution >= 0.6 is 0 Å². The van der Waals surface area contributed by atoms with E-state index in [2.05, 4.69) is 40.4 Å². The Morgan fingerprint density at radius 3 is 3.12 bits per heavy atom. The fraction of sp³-hybridized carbons (Fsp3) is 0.368. The predicted molar refractivity (Wildman–Crippen MR) is 96.9 cm³/mol. The molecule has 5 heteroatoms. The van der Waals surface area contributed by atoms with E-state index in [1.165, 1.54) is 17.7 Å². The van der Waals surface area contributed by atoms with Gasteiger partial charge in [-0.25, -0.2) is 4.98 Å². The monoisotopic (exact) mass is 324 g/mol. The molecule has 1 amide bonds. The summed E-state index contributed by atoms with van der Waals surface area (Å²) in [7, 11) is 2.13. The summed E-state index contributed by atoms with van der Waals surface area (Å²) in [6, 6.07) is 6.45. The lowest BCUT2D eigenvalue weighted by molar-refractivity contribution is -0.117. The second-order valence-corrected chi connectivity index (χ2v) is 6.42. The summed E-state index contributed by atoms with van der Waals surface area (Å²) in [5, 5.41) is 2.98. The molecular formula is C19H24N4O. The number of carbonyl (C=O) groups is 1. The largest absolute Gasteiger partial charge is 0.374 e. The first kappa shape index (κ1) is 16.3. The molecule has 1 unspecified atom stereocenters. The van der Waals surface area contributed by atoms with Gasteiger partial charge in [-0.1, -0.05) is 6.07 Å². The van der Waals surface area contributed by atoms with E-state index in [4.69, 9.17) is 0 Å². The molecule has 1 aromatic carbocycles. The van der Waals surface area contributed by atoms with Crippen molar-refractivity contribution in [3.63, 3.8) is 0 Å². The van der Waals surface area contributed by atoms with Crippen molar-refractivity contribution in [2.24, 2.45) is 0 Å². The van der Waals surface area contributed by atoms with Gasteiger partial charge in [0.05, 0.1) is 6.33 Å². The van der Waals surface area contributed by atoms with Gasteiger partial charge in [0.2, 0.25) is 5.91 Å². The van der Waals surface area contributed by atoms with Crippen LogP contribution in [-0.2, 0) is 17.8 Å². The summed E-state index contributed by atoms with van der Waals surface area (Å²) < 4.78 is 1.95. The number of anilines is 1. The third-order valence-electron chi connectivity index (χ3n) is 4.31. The van der Waals surface area contributed by atoms with Crippen LogP contribution in [0, 0.1) is 0 Å². The maximum atomic E-state index is 12.1. The third kappa shape index (κ3) is 4.04. The maximum absolute atomic E-state index is 12.1. The Morgan fingerprint density at radius 1 is 1.46 bits per heavy atom. The van der Waals surface area contributed by atoms with E-state index >= 15 is 0 Å². The van der Waals surface area contributed by atoms with Gasteiger partial charge >= 0.3 is 0 Å². The number of hydrogen-bond acceptors (Lipinski definition) is 3. The van der Waals surface area contributed by atoms with E-state index in [-0.39, 0.29) is 11.9 Å². The average molecular weight is 324 g/mol.